The fraction of sp³-hybridized carbons (Fsp3) is 0.158. The Labute approximate surface area is 144 Å². The first-order valence-corrected chi connectivity index (χ1v) is 8.55. The Balaban J connectivity index is 1.65. The second-order valence-electron chi connectivity index (χ2n) is 5.31. The molecule has 4 nitrogen and oxygen atoms in total. The summed E-state index contributed by atoms with van der Waals surface area (Å²) >= 11 is 1.48. The van der Waals surface area contributed by atoms with Crippen LogP contribution in [0.3, 0.4) is 0 Å². The van der Waals surface area contributed by atoms with Crippen molar-refractivity contribution in [3.63, 3.8) is 0 Å². The van der Waals surface area contributed by atoms with Crippen molar-refractivity contribution in [2.24, 2.45) is 0 Å². The maximum absolute atomic E-state index is 12.0. The van der Waals surface area contributed by atoms with E-state index in [2.05, 4.69) is 16.4 Å². The van der Waals surface area contributed by atoms with E-state index in [1.807, 2.05) is 50.2 Å². The Morgan fingerprint density at radius 1 is 1.25 bits per heavy atom. The number of amides is 1. The lowest BCUT2D eigenvalue weighted by Gasteiger charge is -2.02. The third-order valence-electron chi connectivity index (χ3n) is 3.39. The third kappa shape index (κ3) is 4.00. The summed E-state index contributed by atoms with van der Waals surface area (Å²) in [6.45, 7) is 4.62. The number of nitrogens with zero attached hydrogens (tertiary/aromatic N) is 1. The van der Waals surface area contributed by atoms with Crippen LogP contribution in [-0.4, -0.2) is 17.5 Å². The summed E-state index contributed by atoms with van der Waals surface area (Å²) in [5.74, 6) is 0.628. The van der Waals surface area contributed by atoms with E-state index in [0.29, 0.717) is 11.7 Å². The molecule has 0 atom stereocenters. The lowest BCUT2D eigenvalue weighted by Crippen LogP contribution is -2.07. The Bertz CT molecular complexity index is 882. The fourth-order valence-corrected chi connectivity index (χ4v) is 3.21. The van der Waals surface area contributed by atoms with Crippen molar-refractivity contribution in [1.82, 2.24) is 4.98 Å². The molecule has 0 fully saturated rings. The van der Waals surface area contributed by atoms with E-state index in [9.17, 15) is 4.79 Å². The predicted octanol–water partition coefficient (Wildman–Crippen LogP) is 4.66. The van der Waals surface area contributed by atoms with Crippen LogP contribution in [0.5, 0.6) is 5.75 Å². The van der Waals surface area contributed by atoms with E-state index in [0.717, 1.165) is 21.5 Å². The zero-order valence-corrected chi connectivity index (χ0v) is 14.4. The molecule has 3 aromatic rings. The monoisotopic (exact) mass is 338 g/mol. The van der Waals surface area contributed by atoms with Crippen LogP contribution in [0.1, 0.15) is 18.1 Å². The minimum Gasteiger partial charge on any atom is -0.494 e. The molecule has 1 aromatic heterocycles. The molecule has 0 spiro atoms. The van der Waals surface area contributed by atoms with E-state index >= 15 is 0 Å². The molecular weight excluding hydrogens is 320 g/mol. The average molecular weight is 338 g/mol. The fourth-order valence-electron chi connectivity index (χ4n) is 2.25. The summed E-state index contributed by atoms with van der Waals surface area (Å²) in [5, 5.41) is 3.42. The molecule has 122 valence electrons. The van der Waals surface area contributed by atoms with E-state index in [-0.39, 0.29) is 5.91 Å². The minimum atomic E-state index is -0.195. The number of benzene rings is 2. The number of fused-ring (bicyclic) bond motifs is 1. The lowest BCUT2D eigenvalue weighted by molar-refractivity contribution is -0.111. The van der Waals surface area contributed by atoms with E-state index in [4.69, 9.17) is 4.74 Å². The Morgan fingerprint density at radius 3 is 2.79 bits per heavy atom. The molecule has 1 heterocycles. The van der Waals surface area contributed by atoms with Crippen LogP contribution in [0.25, 0.3) is 16.3 Å². The number of aromatic nitrogens is 1. The van der Waals surface area contributed by atoms with E-state index in [1.165, 1.54) is 23.0 Å². The van der Waals surface area contributed by atoms with Crippen molar-refractivity contribution in [2.75, 3.05) is 11.9 Å². The lowest BCUT2D eigenvalue weighted by atomic mass is 10.2. The van der Waals surface area contributed by atoms with Crippen LogP contribution >= 0.6 is 11.3 Å². The van der Waals surface area contributed by atoms with Crippen LogP contribution in [0.15, 0.2) is 48.5 Å². The molecule has 0 unspecified atom stereocenters. The molecule has 3 rings (SSSR count). The number of aryl methyl sites for hydroxylation is 1. The van der Waals surface area contributed by atoms with Gasteiger partial charge in [-0.15, -0.1) is 0 Å². The summed E-state index contributed by atoms with van der Waals surface area (Å²) in [7, 11) is 0. The van der Waals surface area contributed by atoms with Gasteiger partial charge in [0.25, 0.3) is 0 Å². The molecule has 0 saturated heterocycles. The molecule has 5 heteroatoms. The highest BCUT2D eigenvalue weighted by molar-refractivity contribution is 7.22. The molecule has 2 aromatic carbocycles. The van der Waals surface area contributed by atoms with E-state index in [1.54, 1.807) is 6.08 Å². The number of ether oxygens (including phenoxy) is 1. The van der Waals surface area contributed by atoms with Crippen molar-refractivity contribution in [1.29, 1.82) is 0 Å². The van der Waals surface area contributed by atoms with Crippen molar-refractivity contribution >= 4 is 38.7 Å². The normalized spacial score (nSPS) is 11.1. The van der Waals surface area contributed by atoms with Crippen molar-refractivity contribution in [3.8, 4) is 5.75 Å². The number of hydrogen-bond acceptors (Lipinski definition) is 4. The van der Waals surface area contributed by atoms with Gasteiger partial charge in [-0.05, 0) is 55.3 Å². The molecular formula is C19H18N2O2S. The van der Waals surface area contributed by atoms with Gasteiger partial charge in [-0.3, -0.25) is 10.1 Å². The summed E-state index contributed by atoms with van der Waals surface area (Å²) in [5.41, 5.74) is 3.02. The van der Waals surface area contributed by atoms with Crippen LogP contribution in [0, 0.1) is 6.92 Å². The molecule has 0 aliphatic rings. The molecule has 0 aliphatic heterocycles. The number of anilines is 1. The second-order valence-corrected chi connectivity index (χ2v) is 6.35. The largest absolute Gasteiger partial charge is 0.494 e. The highest BCUT2D eigenvalue weighted by Gasteiger charge is 2.06. The SMILES string of the molecule is CCOc1ccc(/C=C/C(=O)Nc2nc3ccc(C)cc3s2)cc1. The average Bonchev–Trinajstić information content (AvgIpc) is 2.95. The molecule has 24 heavy (non-hydrogen) atoms. The summed E-state index contributed by atoms with van der Waals surface area (Å²) in [6, 6.07) is 13.6. The zero-order valence-electron chi connectivity index (χ0n) is 13.6. The maximum atomic E-state index is 12.0. The van der Waals surface area contributed by atoms with Gasteiger partial charge in [0, 0.05) is 6.08 Å². The first kappa shape index (κ1) is 16.2. The van der Waals surface area contributed by atoms with Gasteiger partial charge in [-0.2, -0.15) is 0 Å². The van der Waals surface area contributed by atoms with Gasteiger partial charge in [-0.1, -0.05) is 29.5 Å². The molecule has 0 radical (unpaired) electrons. The number of thiazole rings is 1. The maximum Gasteiger partial charge on any atom is 0.250 e. The highest BCUT2D eigenvalue weighted by Crippen LogP contribution is 2.26. The van der Waals surface area contributed by atoms with Crippen LogP contribution in [0.2, 0.25) is 0 Å². The van der Waals surface area contributed by atoms with Gasteiger partial charge in [-0.25, -0.2) is 4.98 Å². The van der Waals surface area contributed by atoms with E-state index < -0.39 is 0 Å². The number of rotatable bonds is 5. The Hall–Kier alpha value is -2.66. The summed E-state index contributed by atoms with van der Waals surface area (Å²) < 4.78 is 6.46. The van der Waals surface area contributed by atoms with Gasteiger partial charge in [0.15, 0.2) is 5.13 Å². The quantitative estimate of drug-likeness (QED) is 0.689. The molecule has 0 aliphatic carbocycles. The van der Waals surface area contributed by atoms with Gasteiger partial charge < -0.3 is 4.74 Å². The highest BCUT2D eigenvalue weighted by atomic mass is 32.1. The molecule has 1 N–H and O–H groups in total. The van der Waals surface area contributed by atoms with Gasteiger partial charge in [0.05, 0.1) is 16.8 Å². The van der Waals surface area contributed by atoms with Gasteiger partial charge in [0.1, 0.15) is 5.75 Å². The zero-order chi connectivity index (χ0) is 16.9. The Morgan fingerprint density at radius 2 is 2.04 bits per heavy atom. The second kappa shape index (κ2) is 7.27. The molecule has 0 bridgehead atoms. The number of hydrogen-bond donors (Lipinski definition) is 1. The predicted molar refractivity (Wildman–Crippen MR) is 99.6 cm³/mol. The van der Waals surface area contributed by atoms with Crippen LogP contribution in [0.4, 0.5) is 5.13 Å². The third-order valence-corrected chi connectivity index (χ3v) is 4.33. The van der Waals surface area contributed by atoms with Crippen LogP contribution in [-0.2, 0) is 4.79 Å². The van der Waals surface area contributed by atoms with Gasteiger partial charge >= 0.3 is 0 Å². The smallest absolute Gasteiger partial charge is 0.250 e. The van der Waals surface area contributed by atoms with Crippen molar-refractivity contribution in [2.45, 2.75) is 13.8 Å². The topological polar surface area (TPSA) is 51.2 Å². The van der Waals surface area contributed by atoms with Crippen molar-refractivity contribution in [3.05, 3.63) is 59.7 Å². The number of nitrogens with one attached hydrogen (secondary N) is 1. The molecule has 1 amide bonds. The summed E-state index contributed by atoms with van der Waals surface area (Å²) in [4.78, 5) is 16.5. The minimum absolute atomic E-state index is 0.195. The van der Waals surface area contributed by atoms with Gasteiger partial charge in [0.2, 0.25) is 5.91 Å². The first-order valence-electron chi connectivity index (χ1n) is 7.73. The Kier molecular flexibility index (Phi) is 4.91. The van der Waals surface area contributed by atoms with Crippen LogP contribution < -0.4 is 10.1 Å². The standard InChI is InChI=1S/C19H18N2O2S/c1-3-23-15-8-5-14(6-9-15)7-11-18(22)21-19-20-16-10-4-13(2)12-17(16)24-19/h4-12H,3H2,1-2H3,(H,20,21,22)/b11-7+. The number of carbonyl (C=O) groups is 1. The number of carbonyl (C=O) groups excluding carboxylic acids is 1. The first-order chi connectivity index (χ1) is 11.6. The summed E-state index contributed by atoms with van der Waals surface area (Å²) in [6.07, 6.45) is 3.27. The van der Waals surface area contributed by atoms with Crippen molar-refractivity contribution < 1.29 is 9.53 Å². The molecule has 0 saturated carbocycles.